The number of phenols is 1. The Kier molecular flexibility index (Phi) is 11.4. The van der Waals surface area contributed by atoms with Crippen LogP contribution in [0.15, 0.2) is 158 Å². The molecule has 4 heterocycles. The number of para-hydroxylation sites is 1. The first kappa shape index (κ1) is 43.6. The van der Waals surface area contributed by atoms with Crippen LogP contribution in [-0.2, 0) is 24.5 Å². The number of hydrogen-bond acceptors (Lipinski definition) is 10. The third kappa shape index (κ3) is 7.55. The highest BCUT2D eigenvalue weighted by Crippen LogP contribution is 2.66. The van der Waals surface area contributed by atoms with E-state index in [1.165, 1.54) is 23.5 Å². The Hall–Kier alpha value is -8.32. The predicted octanol–water partition coefficient (Wildman–Crippen LogP) is 7.80. The number of rotatable bonds is 8. The molecule has 0 radical (unpaired) electrons. The molecule has 3 aliphatic heterocycles. The summed E-state index contributed by atoms with van der Waals surface area (Å²) in [5, 5.41) is 19.5. The minimum Gasteiger partial charge on any atom is -0.508 e. The number of nitrogens with two attached hydrogens (primary N) is 1. The third-order valence-corrected chi connectivity index (χ3v) is 13.9. The molecule has 0 saturated carbocycles. The zero-order valence-electron chi connectivity index (χ0n) is 36.4. The Morgan fingerprint density at radius 1 is 0.824 bits per heavy atom. The van der Waals surface area contributed by atoms with Gasteiger partial charge in [-0.3, -0.25) is 19.3 Å². The van der Waals surface area contributed by atoms with Gasteiger partial charge in [-0.2, -0.15) is 0 Å². The SMILES string of the molecule is C[C@@H](NC(=O)N1C(=O)[C@@]2(c3cc(C#CCNC(N)=O)ccc31)[C@H](C(=O)Nc1nc3ccccc3s1)[C@H]1C(=O)O[C@H](c3ccccc3)[C@H](c3ccccc3)N1[C@@H]2c1ccc(O)cc1)c1ccccc1. The second-order valence-corrected chi connectivity index (χ2v) is 17.8. The number of aromatic nitrogens is 1. The monoisotopic (exact) mass is 921 g/mol. The van der Waals surface area contributed by atoms with Gasteiger partial charge in [-0.05, 0) is 77.2 Å². The van der Waals surface area contributed by atoms with E-state index >= 15 is 19.2 Å². The first-order valence-electron chi connectivity index (χ1n) is 21.9. The number of fused-ring (bicyclic) bond motifs is 4. The lowest BCUT2D eigenvalue weighted by molar-refractivity contribution is -0.177. The number of nitrogens with one attached hydrogen (secondary N) is 3. The van der Waals surface area contributed by atoms with Crippen molar-refractivity contribution in [3.63, 3.8) is 0 Å². The number of imide groups is 1. The molecule has 2 fully saturated rings. The van der Waals surface area contributed by atoms with Crippen molar-refractivity contribution < 1.29 is 33.8 Å². The van der Waals surface area contributed by atoms with Gasteiger partial charge in [0.2, 0.25) is 11.8 Å². The summed E-state index contributed by atoms with van der Waals surface area (Å²) in [5.41, 5.74) is 7.30. The summed E-state index contributed by atoms with van der Waals surface area (Å²) in [6, 6.07) is 41.0. The molecule has 0 bridgehead atoms. The number of thiazole rings is 1. The molecular formula is C53H43N7O7S. The summed E-state index contributed by atoms with van der Waals surface area (Å²) in [5.74, 6) is 2.02. The second kappa shape index (κ2) is 17.8. The number of benzene rings is 6. The van der Waals surface area contributed by atoms with Crippen molar-refractivity contribution in [1.82, 2.24) is 20.5 Å². The predicted molar refractivity (Wildman–Crippen MR) is 256 cm³/mol. The van der Waals surface area contributed by atoms with Crippen LogP contribution >= 0.6 is 11.3 Å². The van der Waals surface area contributed by atoms with Gasteiger partial charge in [0.15, 0.2) is 5.13 Å². The van der Waals surface area contributed by atoms with E-state index in [0.717, 1.165) is 20.7 Å². The third-order valence-electron chi connectivity index (χ3n) is 12.9. The summed E-state index contributed by atoms with van der Waals surface area (Å²) in [6.45, 7) is 1.71. The van der Waals surface area contributed by atoms with Gasteiger partial charge >= 0.3 is 18.0 Å². The maximum absolute atomic E-state index is 16.5. The number of amides is 6. The summed E-state index contributed by atoms with van der Waals surface area (Å²) in [4.78, 5) is 82.0. The van der Waals surface area contributed by atoms with Gasteiger partial charge in [0, 0.05) is 5.56 Å². The van der Waals surface area contributed by atoms with Crippen LogP contribution in [0.1, 0.15) is 64.5 Å². The molecule has 1 aromatic heterocycles. The number of aromatic hydroxyl groups is 1. The molecule has 3 aliphatic rings. The lowest BCUT2D eigenvalue weighted by Crippen LogP contribution is -2.55. The number of phenolic OH excluding ortho intramolecular Hbond substituents is 1. The minimum atomic E-state index is -2.09. The average molecular weight is 922 g/mol. The molecule has 6 amide bonds. The topological polar surface area (TPSA) is 196 Å². The highest BCUT2D eigenvalue weighted by Gasteiger charge is 2.75. The number of hydrogen-bond donors (Lipinski definition) is 5. The number of ether oxygens (including phenoxy) is 1. The van der Waals surface area contributed by atoms with Gasteiger partial charge in [0.25, 0.3) is 0 Å². The molecule has 0 unspecified atom stereocenters. The quantitative estimate of drug-likeness (QED) is 0.0747. The maximum atomic E-state index is 16.5. The molecule has 7 aromatic rings. The number of esters is 1. The average Bonchev–Trinajstić information content (AvgIpc) is 3.99. The minimum absolute atomic E-state index is 0.0570. The number of urea groups is 2. The molecule has 68 heavy (non-hydrogen) atoms. The molecule has 14 nitrogen and oxygen atoms in total. The Labute approximate surface area is 394 Å². The van der Waals surface area contributed by atoms with E-state index in [1.54, 1.807) is 37.3 Å². The van der Waals surface area contributed by atoms with Crippen LogP contribution in [0.5, 0.6) is 5.75 Å². The number of primary amides is 1. The van der Waals surface area contributed by atoms with E-state index in [4.69, 9.17) is 15.5 Å². The number of carbonyl (C=O) groups is 5. The molecule has 10 rings (SSSR count). The van der Waals surface area contributed by atoms with E-state index in [1.807, 2.05) is 120 Å². The van der Waals surface area contributed by atoms with E-state index in [9.17, 15) is 9.90 Å². The van der Waals surface area contributed by atoms with Crippen molar-refractivity contribution in [2.24, 2.45) is 11.7 Å². The van der Waals surface area contributed by atoms with E-state index in [0.29, 0.717) is 22.2 Å². The fraction of sp³-hybridized carbons (Fsp3) is 0.170. The van der Waals surface area contributed by atoms with Gasteiger partial charge < -0.3 is 31.5 Å². The Morgan fingerprint density at radius 3 is 2.18 bits per heavy atom. The normalized spacial score (nSPS) is 22.1. The number of carbonyl (C=O) groups excluding carboxylic acids is 5. The lowest BCUT2D eigenvalue weighted by Gasteiger charge is -2.46. The van der Waals surface area contributed by atoms with Crippen LogP contribution in [0.3, 0.4) is 0 Å². The Morgan fingerprint density at radius 2 is 1.49 bits per heavy atom. The van der Waals surface area contributed by atoms with Crippen LogP contribution in [-0.4, -0.2) is 57.4 Å². The molecule has 338 valence electrons. The number of anilines is 2. The zero-order chi connectivity index (χ0) is 47.1. The van der Waals surface area contributed by atoms with Crippen molar-refractivity contribution in [2.75, 3.05) is 16.8 Å². The maximum Gasteiger partial charge on any atom is 0.329 e. The van der Waals surface area contributed by atoms with E-state index < -0.39 is 71.5 Å². The lowest BCUT2D eigenvalue weighted by atomic mass is 9.65. The summed E-state index contributed by atoms with van der Waals surface area (Å²) >= 11 is 1.23. The second-order valence-electron chi connectivity index (χ2n) is 16.8. The number of morpholine rings is 1. The van der Waals surface area contributed by atoms with Gasteiger partial charge in [0.1, 0.15) is 23.3 Å². The molecule has 0 aliphatic carbocycles. The van der Waals surface area contributed by atoms with Gasteiger partial charge in [-0.15, -0.1) is 0 Å². The summed E-state index contributed by atoms with van der Waals surface area (Å²) in [7, 11) is 0. The summed E-state index contributed by atoms with van der Waals surface area (Å²) in [6.07, 6.45) is -0.942. The Balaban J connectivity index is 1.25. The molecule has 1 spiro atoms. The Bertz CT molecular complexity index is 3130. The van der Waals surface area contributed by atoms with Crippen molar-refractivity contribution in [2.45, 2.75) is 42.6 Å². The van der Waals surface area contributed by atoms with Crippen molar-refractivity contribution >= 4 is 62.2 Å². The van der Waals surface area contributed by atoms with Crippen LogP contribution in [0.4, 0.5) is 20.4 Å². The molecular weight excluding hydrogens is 879 g/mol. The largest absolute Gasteiger partial charge is 0.508 e. The number of cyclic esters (lactones) is 1. The first-order valence-corrected chi connectivity index (χ1v) is 22.8. The smallest absolute Gasteiger partial charge is 0.329 e. The van der Waals surface area contributed by atoms with Crippen molar-refractivity contribution in [3.8, 4) is 17.6 Å². The fourth-order valence-corrected chi connectivity index (χ4v) is 11.0. The van der Waals surface area contributed by atoms with Crippen molar-refractivity contribution in [3.05, 3.63) is 191 Å². The van der Waals surface area contributed by atoms with Crippen LogP contribution < -0.4 is 26.6 Å². The van der Waals surface area contributed by atoms with Crippen LogP contribution in [0.2, 0.25) is 0 Å². The molecule has 6 N–H and O–H groups in total. The standard InChI is InChI=1S/C53H43N7O7S/c1-31(33-15-5-2-6-16-33)56-52(66)59-40-28-23-32(14-13-29-55-50(54)65)30-38(40)53(49(59)64)42(47(62)58-51-57-39-21-11-12-22-41(39)68-51)44-48(63)67-45(35-19-9-4-10-20-35)43(34-17-7-3-8-18-34)60(44)46(53)36-24-26-37(61)27-25-36/h2-12,15-28,30-31,42-46,61H,29H2,1H3,(H,56,66)(H3,54,55,65)(H,57,58,62)/t31-,42+,43+,44+,45-,46-,53+/m1/s1. The molecule has 15 heteroatoms. The fourth-order valence-electron chi connectivity index (χ4n) is 10.1. The highest BCUT2D eigenvalue weighted by molar-refractivity contribution is 7.22. The van der Waals surface area contributed by atoms with E-state index in [2.05, 4.69) is 27.8 Å². The van der Waals surface area contributed by atoms with Gasteiger partial charge in [-0.25, -0.2) is 19.5 Å². The zero-order valence-corrected chi connectivity index (χ0v) is 37.2. The first-order chi connectivity index (χ1) is 33.0. The van der Waals surface area contributed by atoms with E-state index in [-0.39, 0.29) is 28.7 Å². The molecule has 7 atom stereocenters. The summed E-state index contributed by atoms with van der Waals surface area (Å²) < 4.78 is 7.36. The van der Waals surface area contributed by atoms with Crippen LogP contribution in [0.25, 0.3) is 10.2 Å². The van der Waals surface area contributed by atoms with Gasteiger partial charge in [-0.1, -0.05) is 138 Å². The number of nitrogens with zero attached hydrogens (tertiary/aromatic N) is 3. The van der Waals surface area contributed by atoms with Crippen LogP contribution in [0, 0.1) is 17.8 Å². The molecule has 2 saturated heterocycles. The van der Waals surface area contributed by atoms with Crippen molar-refractivity contribution in [1.29, 1.82) is 0 Å². The van der Waals surface area contributed by atoms with Gasteiger partial charge in [0.05, 0.1) is 46.5 Å². The highest BCUT2D eigenvalue weighted by atomic mass is 32.1. The molecule has 6 aromatic carbocycles.